The number of rotatable bonds is 3. The predicted octanol–water partition coefficient (Wildman–Crippen LogP) is 2.71. The Morgan fingerprint density at radius 2 is 2.00 bits per heavy atom. The van der Waals surface area contributed by atoms with Crippen LogP contribution < -0.4 is 5.73 Å². The zero-order valence-corrected chi connectivity index (χ0v) is 9.88. The zero-order chi connectivity index (χ0) is 12.5. The van der Waals surface area contributed by atoms with Crippen LogP contribution >= 0.6 is 0 Å². The summed E-state index contributed by atoms with van der Waals surface area (Å²) in [6.07, 6.45) is 2.66. The summed E-state index contributed by atoms with van der Waals surface area (Å²) >= 11 is 0. The van der Waals surface area contributed by atoms with Gasteiger partial charge < -0.3 is 10.5 Å². The van der Waals surface area contributed by atoms with Crippen molar-refractivity contribution >= 4 is 0 Å². The number of hydrogen-bond donors (Lipinski definition) is 1. The second kappa shape index (κ2) is 4.70. The van der Waals surface area contributed by atoms with Crippen molar-refractivity contribution < 1.29 is 13.5 Å². The van der Waals surface area contributed by atoms with Gasteiger partial charge in [0.1, 0.15) is 11.6 Å². The van der Waals surface area contributed by atoms with Crippen molar-refractivity contribution in [2.75, 3.05) is 6.61 Å². The first-order valence-electron chi connectivity index (χ1n) is 5.84. The van der Waals surface area contributed by atoms with Crippen molar-refractivity contribution in [2.24, 2.45) is 5.73 Å². The predicted molar refractivity (Wildman–Crippen MR) is 61.5 cm³/mol. The summed E-state index contributed by atoms with van der Waals surface area (Å²) in [5, 5.41) is 0. The monoisotopic (exact) mass is 241 g/mol. The van der Waals surface area contributed by atoms with Gasteiger partial charge in [-0.2, -0.15) is 0 Å². The molecule has 0 bridgehead atoms. The van der Waals surface area contributed by atoms with Crippen LogP contribution in [0.3, 0.4) is 0 Å². The Labute approximate surface area is 99.8 Å². The molecule has 2 nitrogen and oxygen atoms in total. The van der Waals surface area contributed by atoms with E-state index in [1.165, 1.54) is 12.1 Å². The molecule has 4 heteroatoms. The van der Waals surface area contributed by atoms with Gasteiger partial charge in [-0.3, -0.25) is 0 Å². The Hall–Kier alpha value is -1.00. The Morgan fingerprint density at radius 1 is 1.35 bits per heavy atom. The van der Waals surface area contributed by atoms with Crippen molar-refractivity contribution in [1.82, 2.24) is 0 Å². The third kappa shape index (κ3) is 3.01. The van der Waals surface area contributed by atoms with Gasteiger partial charge in [-0.1, -0.05) is 0 Å². The molecule has 1 aliphatic heterocycles. The van der Waals surface area contributed by atoms with Gasteiger partial charge in [-0.05, 0) is 43.9 Å². The third-order valence-corrected chi connectivity index (χ3v) is 3.20. The van der Waals surface area contributed by atoms with E-state index < -0.39 is 17.2 Å². The Balaban J connectivity index is 2.17. The van der Waals surface area contributed by atoms with Crippen LogP contribution in [0, 0.1) is 11.6 Å². The van der Waals surface area contributed by atoms with Crippen molar-refractivity contribution in [3.05, 3.63) is 35.4 Å². The molecule has 0 radical (unpaired) electrons. The van der Waals surface area contributed by atoms with E-state index in [2.05, 4.69) is 0 Å². The second-order valence-electron chi connectivity index (χ2n) is 4.91. The number of halogens is 2. The Kier molecular flexibility index (Phi) is 3.45. The molecule has 1 saturated heterocycles. The van der Waals surface area contributed by atoms with Crippen LogP contribution in [0.2, 0.25) is 0 Å². The highest BCUT2D eigenvalue weighted by molar-refractivity contribution is 5.25. The van der Waals surface area contributed by atoms with Crippen LogP contribution in [0.4, 0.5) is 8.78 Å². The number of hydrogen-bond acceptors (Lipinski definition) is 2. The normalized spacial score (nSPS) is 23.6. The summed E-state index contributed by atoms with van der Waals surface area (Å²) in [4.78, 5) is 0. The molecule has 0 amide bonds. The van der Waals surface area contributed by atoms with Crippen LogP contribution in [0.15, 0.2) is 18.2 Å². The summed E-state index contributed by atoms with van der Waals surface area (Å²) in [7, 11) is 0. The summed E-state index contributed by atoms with van der Waals surface area (Å²) in [5.74, 6) is -1.19. The topological polar surface area (TPSA) is 35.2 Å². The van der Waals surface area contributed by atoms with E-state index in [1.54, 1.807) is 6.92 Å². The van der Waals surface area contributed by atoms with Crippen LogP contribution in [0.1, 0.15) is 31.7 Å². The molecule has 0 saturated carbocycles. The maximum Gasteiger partial charge on any atom is 0.126 e. The van der Waals surface area contributed by atoms with Crippen molar-refractivity contribution in [3.63, 3.8) is 0 Å². The number of benzene rings is 1. The third-order valence-electron chi connectivity index (χ3n) is 3.20. The van der Waals surface area contributed by atoms with Crippen molar-refractivity contribution in [2.45, 2.75) is 37.8 Å². The SMILES string of the molecule is CC(N)(CC1CCCO1)c1cc(F)cc(F)c1. The summed E-state index contributed by atoms with van der Waals surface area (Å²) in [5.41, 5.74) is 5.85. The summed E-state index contributed by atoms with van der Waals surface area (Å²) < 4.78 is 31.8. The average molecular weight is 241 g/mol. The first kappa shape index (κ1) is 12.5. The molecule has 1 aromatic rings. The highest BCUT2D eigenvalue weighted by atomic mass is 19.1. The lowest BCUT2D eigenvalue weighted by Gasteiger charge is -2.28. The van der Waals surface area contributed by atoms with E-state index in [0.29, 0.717) is 12.0 Å². The molecule has 1 aromatic carbocycles. The van der Waals surface area contributed by atoms with Gasteiger partial charge >= 0.3 is 0 Å². The van der Waals surface area contributed by atoms with E-state index in [4.69, 9.17) is 10.5 Å². The molecular weight excluding hydrogens is 224 g/mol. The average Bonchev–Trinajstić information content (AvgIpc) is 2.68. The number of nitrogens with two attached hydrogens (primary N) is 1. The van der Waals surface area contributed by atoms with Crippen LogP contribution in [-0.2, 0) is 10.3 Å². The first-order valence-corrected chi connectivity index (χ1v) is 5.84. The van der Waals surface area contributed by atoms with Gasteiger partial charge in [-0.15, -0.1) is 0 Å². The molecule has 0 aliphatic carbocycles. The van der Waals surface area contributed by atoms with Gasteiger partial charge in [0.25, 0.3) is 0 Å². The molecule has 2 atom stereocenters. The van der Waals surface area contributed by atoms with E-state index in [0.717, 1.165) is 25.5 Å². The minimum absolute atomic E-state index is 0.0938. The fourth-order valence-electron chi connectivity index (χ4n) is 2.28. The smallest absolute Gasteiger partial charge is 0.126 e. The molecule has 0 spiro atoms. The van der Waals surface area contributed by atoms with Crippen molar-refractivity contribution in [1.29, 1.82) is 0 Å². The summed E-state index contributed by atoms with van der Waals surface area (Å²) in [6.45, 7) is 2.53. The van der Waals surface area contributed by atoms with E-state index in [-0.39, 0.29) is 6.10 Å². The molecule has 1 heterocycles. The molecule has 1 fully saturated rings. The minimum Gasteiger partial charge on any atom is -0.378 e. The lowest BCUT2D eigenvalue weighted by molar-refractivity contribution is 0.0855. The minimum atomic E-state index is -0.766. The molecule has 0 aromatic heterocycles. The fourth-order valence-corrected chi connectivity index (χ4v) is 2.28. The number of ether oxygens (including phenoxy) is 1. The van der Waals surface area contributed by atoms with Crippen LogP contribution in [0.5, 0.6) is 0 Å². The second-order valence-corrected chi connectivity index (χ2v) is 4.91. The molecular formula is C13H17F2NO. The Morgan fingerprint density at radius 3 is 2.53 bits per heavy atom. The largest absolute Gasteiger partial charge is 0.378 e. The fraction of sp³-hybridized carbons (Fsp3) is 0.538. The maximum atomic E-state index is 13.1. The molecule has 2 N–H and O–H groups in total. The van der Waals surface area contributed by atoms with Gasteiger partial charge in [0.2, 0.25) is 0 Å². The highest BCUT2D eigenvalue weighted by Gasteiger charge is 2.29. The maximum absolute atomic E-state index is 13.1. The highest BCUT2D eigenvalue weighted by Crippen LogP contribution is 2.29. The summed E-state index contributed by atoms with van der Waals surface area (Å²) in [6, 6.07) is 3.43. The first-order chi connectivity index (χ1) is 7.97. The lowest BCUT2D eigenvalue weighted by Crippen LogP contribution is -2.37. The molecule has 2 unspecified atom stereocenters. The molecule has 94 valence electrons. The molecule has 1 aliphatic rings. The van der Waals surface area contributed by atoms with E-state index in [1.807, 2.05) is 0 Å². The van der Waals surface area contributed by atoms with Gasteiger partial charge in [0.15, 0.2) is 0 Å². The van der Waals surface area contributed by atoms with E-state index >= 15 is 0 Å². The lowest BCUT2D eigenvalue weighted by atomic mass is 9.86. The van der Waals surface area contributed by atoms with Crippen LogP contribution in [-0.4, -0.2) is 12.7 Å². The van der Waals surface area contributed by atoms with Gasteiger partial charge in [-0.25, -0.2) is 8.78 Å². The van der Waals surface area contributed by atoms with E-state index in [9.17, 15) is 8.78 Å². The molecule has 2 rings (SSSR count). The van der Waals surface area contributed by atoms with Gasteiger partial charge in [0, 0.05) is 18.2 Å². The standard InChI is InChI=1S/C13H17F2NO/c1-13(16,8-12-3-2-4-17-12)9-5-10(14)7-11(15)6-9/h5-7,12H,2-4,8,16H2,1H3. The molecule has 17 heavy (non-hydrogen) atoms. The van der Waals surface area contributed by atoms with Crippen molar-refractivity contribution in [3.8, 4) is 0 Å². The van der Waals surface area contributed by atoms with Gasteiger partial charge in [0.05, 0.1) is 6.10 Å². The van der Waals surface area contributed by atoms with Crippen LogP contribution in [0.25, 0.3) is 0 Å². The quantitative estimate of drug-likeness (QED) is 0.883. The Bertz CT molecular complexity index is 380. The zero-order valence-electron chi connectivity index (χ0n) is 9.88.